The fourth-order valence-corrected chi connectivity index (χ4v) is 10.3. The molecule has 13 aromatic rings. The van der Waals surface area contributed by atoms with Crippen LogP contribution in [0.5, 0.6) is 0 Å². The van der Waals surface area contributed by atoms with Crippen molar-refractivity contribution in [3.05, 3.63) is 230 Å². The Hall–Kier alpha value is -9.00. The summed E-state index contributed by atoms with van der Waals surface area (Å²) < 4.78 is 13.4. The number of fused-ring (bicyclic) bond motifs is 9. The Bertz CT molecular complexity index is 3830. The molecule has 6 nitrogen and oxygen atoms in total. The zero-order chi connectivity index (χ0) is 44.6. The van der Waals surface area contributed by atoms with Gasteiger partial charge in [0.2, 0.25) is 11.8 Å². The van der Waals surface area contributed by atoms with Gasteiger partial charge in [-0.05, 0) is 119 Å². The van der Waals surface area contributed by atoms with Crippen LogP contribution in [0.2, 0.25) is 0 Å². The maximum atomic E-state index is 6.13. The highest BCUT2D eigenvalue weighted by atomic mass is 16.4. The van der Waals surface area contributed by atoms with E-state index < -0.39 is 0 Å². The second kappa shape index (κ2) is 15.3. The van der Waals surface area contributed by atoms with Crippen molar-refractivity contribution in [3.8, 4) is 45.4 Å². The van der Waals surface area contributed by atoms with Gasteiger partial charge in [-0.2, -0.15) is 0 Å². The first kappa shape index (κ1) is 38.5. The minimum atomic E-state index is 0.473. The molecule has 0 N–H and O–H groups in total. The van der Waals surface area contributed by atoms with Gasteiger partial charge in [0.05, 0.1) is 22.1 Å². The molecule has 0 atom stereocenters. The molecule has 4 heterocycles. The number of hydrogen-bond acceptors (Lipinski definition) is 3. The third-order valence-corrected chi connectivity index (χ3v) is 13.4. The molecule has 316 valence electrons. The summed E-state index contributed by atoms with van der Waals surface area (Å²) in [7, 11) is 0. The quantitative estimate of drug-likeness (QED) is 0.145. The van der Waals surface area contributed by atoms with Crippen molar-refractivity contribution in [2.24, 2.45) is 0 Å². The van der Waals surface area contributed by atoms with E-state index in [1.54, 1.807) is 0 Å². The van der Waals surface area contributed by atoms with E-state index in [-0.39, 0.29) is 0 Å². The van der Waals surface area contributed by atoms with Crippen molar-refractivity contribution in [2.75, 3.05) is 0 Å². The molecule has 0 radical (unpaired) electrons. The first-order valence-electron chi connectivity index (χ1n) is 22.6. The van der Waals surface area contributed by atoms with E-state index in [0.29, 0.717) is 18.3 Å². The molecule has 67 heavy (non-hydrogen) atoms. The Morgan fingerprint density at radius 1 is 0.403 bits per heavy atom. The van der Waals surface area contributed by atoms with Crippen LogP contribution < -0.4 is 0 Å². The Morgan fingerprint density at radius 3 is 1.31 bits per heavy atom. The Balaban J connectivity index is 0.935. The minimum Gasteiger partial charge on any atom is -0.416 e. The van der Waals surface area contributed by atoms with E-state index in [0.717, 1.165) is 44.8 Å². The molecular weight excluding hydrogens is 819 g/mol. The van der Waals surface area contributed by atoms with Crippen molar-refractivity contribution in [2.45, 2.75) is 6.54 Å². The maximum Gasteiger partial charge on any atom is 0.248 e. The van der Waals surface area contributed by atoms with Crippen LogP contribution >= 0.6 is 0 Å². The molecule has 4 aromatic heterocycles. The van der Waals surface area contributed by atoms with Gasteiger partial charge in [-0.3, -0.25) is 0 Å². The van der Waals surface area contributed by atoms with Gasteiger partial charge < -0.3 is 18.1 Å². The summed E-state index contributed by atoms with van der Waals surface area (Å²) in [6, 6.07) is 71.8. The van der Waals surface area contributed by atoms with Crippen molar-refractivity contribution < 1.29 is 4.42 Å². The van der Waals surface area contributed by atoms with Crippen molar-refractivity contribution >= 4 is 77.6 Å². The molecule has 9 aromatic carbocycles. The Kier molecular flexibility index (Phi) is 8.80. The standard InChI is InChI=1S/C61H41N5O/c1-3-39-21-25-43(26-22-39)60-62-63-61(67-60)44-29-27-42(28-30-44)51-35-40(23-24-41(51)4-2)38-64-54-33-31-45(65-56-17-9-5-13-47(56)48-14-6-10-18-57(48)65)36-52(54)53-37-46(32-34-55(53)64)66-58-19-11-7-15-49(58)50-16-8-12-20-59(50)66/h3-37H,1-2,38H2. The lowest BCUT2D eigenvalue weighted by molar-refractivity contribution is 0.584. The van der Waals surface area contributed by atoms with Crippen LogP contribution in [0.25, 0.3) is 123 Å². The summed E-state index contributed by atoms with van der Waals surface area (Å²) in [5.74, 6) is 0.952. The zero-order valence-corrected chi connectivity index (χ0v) is 36.5. The SMILES string of the molecule is C=Cc1ccc(-c2nnc(-c3ccc(-c4cc(Cn5c6ccc(-n7c8ccccc8c8ccccc87)cc6c6cc(-n7c8ccccc8c8ccccc87)ccc65)ccc4C=C)cc3)o2)cc1. The lowest BCUT2D eigenvalue weighted by Crippen LogP contribution is -2.01. The van der Waals surface area contributed by atoms with Crippen LogP contribution in [0.3, 0.4) is 0 Å². The van der Waals surface area contributed by atoms with Crippen molar-refractivity contribution in [1.29, 1.82) is 0 Å². The topological polar surface area (TPSA) is 53.7 Å². The van der Waals surface area contributed by atoms with E-state index in [9.17, 15) is 0 Å². The van der Waals surface area contributed by atoms with Crippen LogP contribution in [-0.4, -0.2) is 23.9 Å². The summed E-state index contributed by atoms with van der Waals surface area (Å²) >= 11 is 0. The first-order valence-corrected chi connectivity index (χ1v) is 22.6. The van der Waals surface area contributed by atoms with Gasteiger partial charge in [0.15, 0.2) is 0 Å². The smallest absolute Gasteiger partial charge is 0.248 e. The molecule has 0 saturated heterocycles. The second-order valence-electron chi connectivity index (χ2n) is 17.2. The van der Waals surface area contributed by atoms with Gasteiger partial charge >= 0.3 is 0 Å². The number of nitrogens with zero attached hydrogens (tertiary/aromatic N) is 5. The predicted octanol–water partition coefficient (Wildman–Crippen LogP) is 15.7. The molecule has 0 aliphatic carbocycles. The van der Waals surface area contributed by atoms with Gasteiger partial charge in [0, 0.05) is 72.4 Å². The van der Waals surface area contributed by atoms with E-state index in [2.05, 4.69) is 201 Å². The summed E-state index contributed by atoms with van der Waals surface area (Å²) in [5, 5.41) is 16.1. The normalized spacial score (nSPS) is 11.8. The number of rotatable bonds is 9. The van der Waals surface area contributed by atoms with E-state index in [4.69, 9.17) is 4.42 Å². The van der Waals surface area contributed by atoms with Crippen LogP contribution in [-0.2, 0) is 6.54 Å². The maximum absolute atomic E-state index is 6.13. The Labute approximate surface area is 386 Å². The average molecular weight is 860 g/mol. The molecule has 0 aliphatic heterocycles. The second-order valence-corrected chi connectivity index (χ2v) is 17.2. The largest absolute Gasteiger partial charge is 0.416 e. The predicted molar refractivity (Wildman–Crippen MR) is 278 cm³/mol. The molecular formula is C61H41N5O. The van der Waals surface area contributed by atoms with Gasteiger partial charge in [-0.15, -0.1) is 10.2 Å². The molecule has 0 aliphatic rings. The lowest BCUT2D eigenvalue weighted by Gasteiger charge is -2.13. The van der Waals surface area contributed by atoms with E-state index >= 15 is 0 Å². The highest BCUT2D eigenvalue weighted by Crippen LogP contribution is 2.39. The van der Waals surface area contributed by atoms with Crippen molar-refractivity contribution in [1.82, 2.24) is 23.9 Å². The molecule has 0 spiro atoms. The first-order chi connectivity index (χ1) is 33.1. The monoisotopic (exact) mass is 859 g/mol. The number of aromatic nitrogens is 5. The van der Waals surface area contributed by atoms with Crippen LogP contribution in [0, 0.1) is 0 Å². The highest BCUT2D eigenvalue weighted by Gasteiger charge is 2.19. The summed E-state index contributed by atoms with van der Waals surface area (Å²) in [6.07, 6.45) is 3.75. The van der Waals surface area contributed by atoms with E-state index in [1.165, 1.54) is 71.0 Å². The molecule has 0 bridgehead atoms. The van der Waals surface area contributed by atoms with Crippen LogP contribution in [0.15, 0.2) is 218 Å². The number of para-hydroxylation sites is 4. The molecule has 0 unspecified atom stereocenters. The third kappa shape index (κ3) is 6.18. The summed E-state index contributed by atoms with van der Waals surface area (Å²) in [5.41, 5.74) is 16.6. The van der Waals surface area contributed by atoms with E-state index in [1.807, 2.05) is 48.6 Å². The lowest BCUT2D eigenvalue weighted by atomic mass is 9.96. The van der Waals surface area contributed by atoms with Crippen LogP contribution in [0.4, 0.5) is 0 Å². The van der Waals surface area contributed by atoms with Gasteiger partial charge in [0.25, 0.3) is 0 Å². The Morgan fingerprint density at radius 2 is 0.851 bits per heavy atom. The number of hydrogen-bond donors (Lipinski definition) is 0. The zero-order valence-electron chi connectivity index (χ0n) is 36.5. The number of benzene rings is 9. The molecule has 6 heteroatoms. The van der Waals surface area contributed by atoms with Crippen LogP contribution in [0.1, 0.15) is 16.7 Å². The molecule has 0 amide bonds. The minimum absolute atomic E-state index is 0.473. The molecule has 13 rings (SSSR count). The highest BCUT2D eigenvalue weighted by molar-refractivity contribution is 6.13. The summed E-state index contributed by atoms with van der Waals surface area (Å²) in [4.78, 5) is 0. The molecule has 0 saturated carbocycles. The van der Waals surface area contributed by atoms with Gasteiger partial charge in [-0.25, -0.2) is 0 Å². The summed E-state index contributed by atoms with van der Waals surface area (Å²) in [6.45, 7) is 8.72. The third-order valence-electron chi connectivity index (χ3n) is 13.4. The van der Waals surface area contributed by atoms with Gasteiger partial charge in [0.1, 0.15) is 0 Å². The fourth-order valence-electron chi connectivity index (χ4n) is 10.3. The fraction of sp³-hybridized carbons (Fsp3) is 0.0164. The molecule has 0 fully saturated rings. The average Bonchev–Trinajstić information content (AvgIpc) is 4.17. The van der Waals surface area contributed by atoms with Crippen molar-refractivity contribution in [3.63, 3.8) is 0 Å². The van der Waals surface area contributed by atoms with Gasteiger partial charge in [-0.1, -0.05) is 135 Å².